The SMILES string of the molecule is CCOC(=O)C#CC(F)(F)C(F)(F)C(F)(F)C(F)(F)C(F)(F)F. The van der Waals surface area contributed by atoms with Crippen molar-refractivity contribution in [3.05, 3.63) is 0 Å². The maximum absolute atomic E-state index is 12.9. The number of hydrogen-bond acceptors (Lipinski definition) is 2. The Morgan fingerprint density at radius 1 is 0.826 bits per heavy atom. The van der Waals surface area contributed by atoms with Crippen LogP contribution in [0.5, 0.6) is 0 Å². The van der Waals surface area contributed by atoms with Gasteiger partial charge in [-0.05, 0) is 12.8 Å². The lowest BCUT2D eigenvalue weighted by molar-refractivity contribution is -0.415. The third-order valence-electron chi connectivity index (χ3n) is 2.14. The van der Waals surface area contributed by atoms with Crippen LogP contribution < -0.4 is 0 Å². The van der Waals surface area contributed by atoms with E-state index in [1.807, 2.05) is 0 Å². The quantitative estimate of drug-likeness (QED) is 0.329. The van der Waals surface area contributed by atoms with Crippen LogP contribution in [0.4, 0.5) is 48.3 Å². The molecule has 0 spiro atoms. The molecule has 0 saturated carbocycles. The fraction of sp³-hybridized carbons (Fsp3) is 0.700. The molecule has 0 bridgehead atoms. The minimum absolute atomic E-state index is 0.0750. The molecule has 0 heterocycles. The second-order valence-corrected chi connectivity index (χ2v) is 3.77. The van der Waals surface area contributed by atoms with Crippen LogP contribution in [0.2, 0.25) is 0 Å². The van der Waals surface area contributed by atoms with E-state index in [1.165, 1.54) is 0 Å². The van der Waals surface area contributed by atoms with E-state index in [1.54, 1.807) is 0 Å². The van der Waals surface area contributed by atoms with Gasteiger partial charge in [-0.3, -0.25) is 0 Å². The Kier molecular flexibility index (Phi) is 5.59. The largest absolute Gasteiger partial charge is 0.460 e. The first-order valence-corrected chi connectivity index (χ1v) is 5.23. The number of carbonyl (C=O) groups excluding carboxylic acids is 1. The lowest BCUT2D eigenvalue weighted by atomic mass is 9.98. The molecule has 0 aromatic heterocycles. The highest BCUT2D eigenvalue weighted by Crippen LogP contribution is 2.57. The summed E-state index contributed by atoms with van der Waals surface area (Å²) in [6.07, 6.45) is -7.25. The van der Waals surface area contributed by atoms with E-state index in [0.717, 1.165) is 6.92 Å². The highest BCUT2D eigenvalue weighted by Gasteiger charge is 2.87. The molecule has 0 amide bonds. The van der Waals surface area contributed by atoms with Gasteiger partial charge in [-0.2, -0.15) is 48.3 Å². The molecular formula is C10H5F11O2. The Hall–Kier alpha value is -1.74. The van der Waals surface area contributed by atoms with Gasteiger partial charge in [0.1, 0.15) is 0 Å². The monoisotopic (exact) mass is 366 g/mol. The topological polar surface area (TPSA) is 26.3 Å². The number of alkyl halides is 11. The van der Waals surface area contributed by atoms with Crippen molar-refractivity contribution in [2.75, 3.05) is 6.61 Å². The number of hydrogen-bond donors (Lipinski definition) is 0. The van der Waals surface area contributed by atoms with Crippen LogP contribution in [-0.2, 0) is 9.53 Å². The van der Waals surface area contributed by atoms with E-state index in [2.05, 4.69) is 4.74 Å². The fourth-order valence-corrected chi connectivity index (χ4v) is 0.948. The Balaban J connectivity index is 5.90. The third kappa shape index (κ3) is 3.61. The number of halogens is 11. The van der Waals surface area contributed by atoms with Gasteiger partial charge >= 0.3 is 35.8 Å². The molecule has 0 unspecified atom stereocenters. The minimum atomic E-state index is -7.55. The molecular weight excluding hydrogens is 361 g/mol. The van der Waals surface area contributed by atoms with Crippen LogP contribution in [0, 0.1) is 11.8 Å². The molecule has 0 aliphatic rings. The van der Waals surface area contributed by atoms with Crippen molar-refractivity contribution in [1.29, 1.82) is 0 Å². The minimum Gasteiger partial charge on any atom is -0.456 e. The molecule has 0 aliphatic heterocycles. The zero-order valence-corrected chi connectivity index (χ0v) is 10.7. The first-order valence-electron chi connectivity index (χ1n) is 5.23. The van der Waals surface area contributed by atoms with Gasteiger partial charge in [-0.25, -0.2) is 4.79 Å². The van der Waals surface area contributed by atoms with Crippen LogP contribution in [-0.4, -0.2) is 42.4 Å². The highest BCUT2D eigenvalue weighted by molar-refractivity contribution is 5.88. The van der Waals surface area contributed by atoms with Crippen molar-refractivity contribution in [2.24, 2.45) is 0 Å². The van der Waals surface area contributed by atoms with E-state index < -0.39 is 42.4 Å². The number of ether oxygens (including phenoxy) is 1. The normalized spacial score (nSPS) is 14.1. The maximum atomic E-state index is 12.9. The second-order valence-electron chi connectivity index (χ2n) is 3.77. The standard InChI is InChI=1S/C10H5F11O2/c1-2-23-5(22)3-4-6(11,12)7(13,14)8(15,16)9(17,18)10(19,20)21/h2H2,1H3. The van der Waals surface area contributed by atoms with Gasteiger partial charge in [-0.1, -0.05) is 0 Å². The molecule has 0 rings (SSSR count). The highest BCUT2D eigenvalue weighted by atomic mass is 19.4. The molecule has 23 heavy (non-hydrogen) atoms. The Bertz CT molecular complexity index is 509. The first-order chi connectivity index (χ1) is 9.95. The fourth-order valence-electron chi connectivity index (χ4n) is 0.948. The molecule has 2 nitrogen and oxygen atoms in total. The van der Waals surface area contributed by atoms with Crippen LogP contribution in [0.25, 0.3) is 0 Å². The molecule has 13 heteroatoms. The molecule has 0 radical (unpaired) electrons. The summed E-state index contributed by atoms with van der Waals surface area (Å²) in [6.45, 7) is 0.627. The van der Waals surface area contributed by atoms with E-state index in [0.29, 0.717) is 5.92 Å². The lowest BCUT2D eigenvalue weighted by Gasteiger charge is -2.35. The van der Waals surface area contributed by atoms with Crippen molar-refractivity contribution in [3.8, 4) is 11.8 Å². The summed E-state index contributed by atoms with van der Waals surface area (Å²) < 4.78 is 141. The van der Waals surface area contributed by atoms with Gasteiger partial charge in [0, 0.05) is 5.92 Å². The van der Waals surface area contributed by atoms with Crippen molar-refractivity contribution < 1.29 is 57.8 Å². The number of esters is 1. The molecule has 0 atom stereocenters. The smallest absolute Gasteiger partial charge is 0.456 e. The Morgan fingerprint density at radius 2 is 1.26 bits per heavy atom. The van der Waals surface area contributed by atoms with Crippen LogP contribution in [0.15, 0.2) is 0 Å². The van der Waals surface area contributed by atoms with Crippen LogP contribution >= 0.6 is 0 Å². The van der Waals surface area contributed by atoms with Gasteiger partial charge in [0.25, 0.3) is 0 Å². The Morgan fingerprint density at radius 3 is 1.61 bits per heavy atom. The van der Waals surface area contributed by atoms with E-state index in [-0.39, 0.29) is 5.92 Å². The zero-order valence-electron chi connectivity index (χ0n) is 10.7. The van der Waals surface area contributed by atoms with Crippen LogP contribution in [0.1, 0.15) is 6.92 Å². The van der Waals surface area contributed by atoms with Crippen molar-refractivity contribution >= 4 is 5.97 Å². The predicted molar refractivity (Wildman–Crippen MR) is 50.3 cm³/mol. The second kappa shape index (κ2) is 6.04. The average molecular weight is 366 g/mol. The molecule has 0 aliphatic carbocycles. The van der Waals surface area contributed by atoms with Gasteiger partial charge in [0.15, 0.2) is 0 Å². The number of rotatable bonds is 4. The molecule has 0 aromatic carbocycles. The van der Waals surface area contributed by atoms with Crippen molar-refractivity contribution in [2.45, 2.75) is 36.8 Å². The van der Waals surface area contributed by atoms with Crippen molar-refractivity contribution in [1.82, 2.24) is 0 Å². The summed E-state index contributed by atoms with van der Waals surface area (Å²) in [4.78, 5) is 10.5. The molecule has 134 valence electrons. The summed E-state index contributed by atoms with van der Waals surface area (Å²) in [5.41, 5.74) is 0. The zero-order chi connectivity index (χ0) is 18.9. The van der Waals surface area contributed by atoms with E-state index in [9.17, 15) is 53.1 Å². The molecule has 0 fully saturated rings. The van der Waals surface area contributed by atoms with Gasteiger partial charge < -0.3 is 4.74 Å². The van der Waals surface area contributed by atoms with E-state index in [4.69, 9.17) is 0 Å². The number of carbonyl (C=O) groups is 1. The molecule has 0 N–H and O–H groups in total. The van der Waals surface area contributed by atoms with E-state index >= 15 is 0 Å². The summed E-state index contributed by atoms with van der Waals surface area (Å²) in [6, 6.07) is 0. The van der Waals surface area contributed by atoms with Crippen LogP contribution in [0.3, 0.4) is 0 Å². The van der Waals surface area contributed by atoms with Gasteiger partial charge in [0.05, 0.1) is 6.61 Å². The third-order valence-corrected chi connectivity index (χ3v) is 2.14. The summed E-state index contributed by atoms with van der Waals surface area (Å²) in [5.74, 6) is -30.1. The lowest BCUT2D eigenvalue weighted by Crippen LogP contribution is -2.66. The summed E-state index contributed by atoms with van der Waals surface area (Å²) in [5, 5.41) is 0. The summed E-state index contributed by atoms with van der Waals surface area (Å²) in [7, 11) is 0. The van der Waals surface area contributed by atoms with Crippen molar-refractivity contribution in [3.63, 3.8) is 0 Å². The maximum Gasteiger partial charge on any atom is 0.460 e. The average Bonchev–Trinajstić information content (AvgIpc) is 2.34. The summed E-state index contributed by atoms with van der Waals surface area (Å²) >= 11 is 0. The Labute approximate surface area is 120 Å². The molecule has 0 saturated heterocycles. The molecule has 0 aromatic rings. The van der Waals surface area contributed by atoms with Gasteiger partial charge in [-0.15, -0.1) is 0 Å². The first kappa shape index (κ1) is 21.3. The predicted octanol–water partition coefficient (Wildman–Crippen LogP) is 3.66. The van der Waals surface area contributed by atoms with Gasteiger partial charge in [0.2, 0.25) is 0 Å².